The second-order valence-corrected chi connectivity index (χ2v) is 4.11. The maximum Gasteiger partial charge on any atom is 0.121 e. The van der Waals surface area contributed by atoms with Gasteiger partial charge in [-0.05, 0) is 24.6 Å². The van der Waals surface area contributed by atoms with Gasteiger partial charge in [0.05, 0.1) is 18.0 Å². The molecule has 4 heteroatoms. The number of hydrogen-bond donors (Lipinski definition) is 1. The van der Waals surface area contributed by atoms with Crippen LogP contribution in [0.5, 0.6) is 0 Å². The van der Waals surface area contributed by atoms with E-state index in [9.17, 15) is 5.11 Å². The van der Waals surface area contributed by atoms with E-state index in [4.69, 9.17) is 4.74 Å². The van der Waals surface area contributed by atoms with Gasteiger partial charge in [0.25, 0.3) is 0 Å². The van der Waals surface area contributed by atoms with Gasteiger partial charge in [0.2, 0.25) is 0 Å². The number of aliphatic hydroxyl groups is 1. The fraction of sp³-hybridized carbons (Fsp3) is 0.357. The van der Waals surface area contributed by atoms with Crippen LogP contribution in [0.15, 0.2) is 42.6 Å². The summed E-state index contributed by atoms with van der Waals surface area (Å²) >= 11 is 0. The maximum absolute atomic E-state index is 9.91. The molecule has 0 radical (unpaired) electrons. The zero-order valence-electron chi connectivity index (χ0n) is 10.5. The molecular formula is C14H18N2O2. The van der Waals surface area contributed by atoms with Crippen molar-refractivity contribution in [1.29, 1.82) is 0 Å². The highest BCUT2D eigenvalue weighted by molar-refractivity contribution is 5.30. The minimum atomic E-state index is -0.665. The monoisotopic (exact) mass is 246 g/mol. The fourth-order valence-corrected chi connectivity index (χ4v) is 1.66. The van der Waals surface area contributed by atoms with E-state index in [2.05, 4.69) is 5.10 Å². The highest BCUT2D eigenvalue weighted by atomic mass is 16.5. The molecule has 96 valence electrons. The van der Waals surface area contributed by atoms with Crippen LogP contribution in [-0.2, 0) is 4.74 Å². The second kappa shape index (κ2) is 6.33. The lowest BCUT2D eigenvalue weighted by atomic mass is 10.3. The first kappa shape index (κ1) is 12.8. The van der Waals surface area contributed by atoms with E-state index in [0.717, 1.165) is 12.1 Å². The van der Waals surface area contributed by atoms with Crippen LogP contribution >= 0.6 is 0 Å². The highest BCUT2D eigenvalue weighted by Crippen LogP contribution is 2.13. The summed E-state index contributed by atoms with van der Waals surface area (Å²) in [6, 6.07) is 11.6. The van der Waals surface area contributed by atoms with Gasteiger partial charge in [-0.25, -0.2) is 4.68 Å². The van der Waals surface area contributed by atoms with Crippen LogP contribution in [-0.4, -0.2) is 28.1 Å². The third kappa shape index (κ3) is 3.18. The van der Waals surface area contributed by atoms with Crippen molar-refractivity contribution in [2.75, 3.05) is 13.2 Å². The molecule has 1 unspecified atom stereocenters. The lowest BCUT2D eigenvalue weighted by Crippen LogP contribution is -2.09. The van der Waals surface area contributed by atoms with Gasteiger partial charge in [0.15, 0.2) is 0 Å². The predicted molar refractivity (Wildman–Crippen MR) is 69.6 cm³/mol. The van der Waals surface area contributed by atoms with E-state index in [1.54, 1.807) is 4.68 Å². The van der Waals surface area contributed by atoms with Gasteiger partial charge in [0, 0.05) is 12.8 Å². The van der Waals surface area contributed by atoms with Gasteiger partial charge in [-0.2, -0.15) is 5.10 Å². The van der Waals surface area contributed by atoms with Gasteiger partial charge in [-0.3, -0.25) is 0 Å². The molecule has 1 N–H and O–H groups in total. The molecule has 2 rings (SSSR count). The predicted octanol–water partition coefficient (Wildman–Crippen LogP) is 2.33. The molecule has 1 aromatic heterocycles. The molecule has 1 aromatic carbocycles. The fourth-order valence-electron chi connectivity index (χ4n) is 1.66. The van der Waals surface area contributed by atoms with Gasteiger partial charge in [0.1, 0.15) is 6.10 Å². The number of aromatic nitrogens is 2. The van der Waals surface area contributed by atoms with Crippen LogP contribution in [0.1, 0.15) is 25.1 Å². The third-order valence-electron chi connectivity index (χ3n) is 2.60. The number of nitrogens with zero attached hydrogens (tertiary/aromatic N) is 2. The van der Waals surface area contributed by atoms with Crippen LogP contribution in [0.25, 0.3) is 5.69 Å². The first-order valence-electron chi connectivity index (χ1n) is 6.18. The Morgan fingerprint density at radius 3 is 2.78 bits per heavy atom. The number of ether oxygens (including phenoxy) is 1. The first-order valence-corrected chi connectivity index (χ1v) is 6.18. The van der Waals surface area contributed by atoms with E-state index in [1.807, 2.05) is 49.5 Å². The van der Waals surface area contributed by atoms with Crippen LogP contribution in [0, 0.1) is 0 Å². The highest BCUT2D eigenvalue weighted by Gasteiger charge is 2.11. The normalized spacial score (nSPS) is 12.6. The molecule has 0 saturated heterocycles. The van der Waals surface area contributed by atoms with E-state index in [0.29, 0.717) is 18.9 Å². The average molecular weight is 246 g/mol. The minimum Gasteiger partial charge on any atom is -0.384 e. The standard InChI is InChI=1S/C14H18N2O2/c1-2-10-18-11-14(17)13-8-9-16(15-13)12-6-4-3-5-7-12/h3-9,14,17H,2,10-11H2,1H3. The molecule has 0 aliphatic carbocycles. The molecule has 0 aliphatic rings. The van der Waals surface area contributed by atoms with Crippen molar-refractivity contribution in [3.63, 3.8) is 0 Å². The van der Waals surface area contributed by atoms with Crippen molar-refractivity contribution in [3.05, 3.63) is 48.3 Å². The Morgan fingerprint density at radius 1 is 1.28 bits per heavy atom. The third-order valence-corrected chi connectivity index (χ3v) is 2.60. The van der Waals surface area contributed by atoms with Crippen molar-refractivity contribution < 1.29 is 9.84 Å². The smallest absolute Gasteiger partial charge is 0.121 e. The summed E-state index contributed by atoms with van der Waals surface area (Å²) in [5.74, 6) is 0. The summed E-state index contributed by atoms with van der Waals surface area (Å²) in [4.78, 5) is 0. The molecule has 0 spiro atoms. The van der Waals surface area contributed by atoms with Crippen molar-refractivity contribution in [2.45, 2.75) is 19.4 Å². The van der Waals surface area contributed by atoms with Gasteiger partial charge in [-0.15, -0.1) is 0 Å². The summed E-state index contributed by atoms with van der Waals surface area (Å²) in [5, 5.41) is 14.3. The first-order chi connectivity index (χ1) is 8.81. The summed E-state index contributed by atoms with van der Waals surface area (Å²) < 4.78 is 7.06. The van der Waals surface area contributed by atoms with Gasteiger partial charge < -0.3 is 9.84 Å². The molecule has 0 bridgehead atoms. The molecule has 0 fully saturated rings. The Morgan fingerprint density at radius 2 is 2.06 bits per heavy atom. The lowest BCUT2D eigenvalue weighted by molar-refractivity contribution is 0.0341. The zero-order chi connectivity index (χ0) is 12.8. The van der Waals surface area contributed by atoms with Crippen molar-refractivity contribution >= 4 is 0 Å². The molecular weight excluding hydrogens is 228 g/mol. The minimum absolute atomic E-state index is 0.291. The maximum atomic E-state index is 9.91. The average Bonchev–Trinajstić information content (AvgIpc) is 2.89. The Kier molecular flexibility index (Phi) is 4.50. The quantitative estimate of drug-likeness (QED) is 0.796. The molecule has 2 aromatic rings. The molecule has 0 saturated carbocycles. The summed E-state index contributed by atoms with van der Waals surface area (Å²) in [7, 11) is 0. The summed E-state index contributed by atoms with van der Waals surface area (Å²) in [6.07, 6.45) is 2.13. The number of para-hydroxylation sites is 1. The van der Waals surface area contributed by atoms with Gasteiger partial charge >= 0.3 is 0 Å². The number of aliphatic hydroxyl groups excluding tert-OH is 1. The second-order valence-electron chi connectivity index (χ2n) is 4.11. The van der Waals surface area contributed by atoms with Crippen molar-refractivity contribution in [1.82, 2.24) is 9.78 Å². The Labute approximate surface area is 107 Å². The zero-order valence-corrected chi connectivity index (χ0v) is 10.5. The van der Waals surface area contributed by atoms with E-state index in [1.165, 1.54) is 0 Å². The van der Waals surface area contributed by atoms with E-state index < -0.39 is 6.10 Å². The largest absolute Gasteiger partial charge is 0.384 e. The van der Waals surface area contributed by atoms with Crippen LogP contribution in [0.2, 0.25) is 0 Å². The SMILES string of the molecule is CCCOCC(O)c1ccn(-c2ccccc2)n1. The molecule has 18 heavy (non-hydrogen) atoms. The Balaban J connectivity index is 2.02. The Hall–Kier alpha value is -1.65. The topological polar surface area (TPSA) is 47.3 Å². The number of rotatable bonds is 6. The molecule has 0 aliphatic heterocycles. The number of hydrogen-bond acceptors (Lipinski definition) is 3. The van der Waals surface area contributed by atoms with E-state index in [-0.39, 0.29) is 0 Å². The van der Waals surface area contributed by atoms with Crippen molar-refractivity contribution in [3.8, 4) is 5.69 Å². The van der Waals surface area contributed by atoms with Crippen molar-refractivity contribution in [2.24, 2.45) is 0 Å². The Bertz CT molecular complexity index is 468. The van der Waals surface area contributed by atoms with Crippen LogP contribution in [0.3, 0.4) is 0 Å². The summed E-state index contributed by atoms with van der Waals surface area (Å²) in [6.45, 7) is 2.99. The van der Waals surface area contributed by atoms with Gasteiger partial charge in [-0.1, -0.05) is 25.1 Å². The lowest BCUT2D eigenvalue weighted by Gasteiger charge is -2.08. The summed E-state index contributed by atoms with van der Waals surface area (Å²) in [5.41, 5.74) is 1.61. The molecule has 4 nitrogen and oxygen atoms in total. The molecule has 1 heterocycles. The number of benzene rings is 1. The van der Waals surface area contributed by atoms with Crippen LogP contribution in [0.4, 0.5) is 0 Å². The molecule has 1 atom stereocenters. The van der Waals surface area contributed by atoms with Crippen LogP contribution < -0.4 is 0 Å². The molecule has 0 amide bonds. The van der Waals surface area contributed by atoms with E-state index >= 15 is 0 Å².